The highest BCUT2D eigenvalue weighted by Crippen LogP contribution is 2.23. The number of aryl methyl sites for hydroxylation is 2. The normalized spacial score (nSPS) is 10.6. The van der Waals surface area contributed by atoms with Crippen LogP contribution in [-0.2, 0) is 23.0 Å². The van der Waals surface area contributed by atoms with E-state index in [1.807, 2.05) is 23.9 Å². The van der Waals surface area contributed by atoms with E-state index in [0.717, 1.165) is 16.5 Å². The summed E-state index contributed by atoms with van der Waals surface area (Å²) in [7, 11) is 3.23. The molecule has 2 rings (SSSR count). The molecule has 0 saturated heterocycles. The number of carbonyl (C=O) groups is 2. The molecular formula is C14H15NO4. The van der Waals surface area contributed by atoms with Gasteiger partial charge in [0.1, 0.15) is 0 Å². The number of esters is 1. The summed E-state index contributed by atoms with van der Waals surface area (Å²) >= 11 is 0. The molecule has 1 N–H and O–H groups in total. The maximum atomic E-state index is 11.5. The minimum Gasteiger partial charge on any atom is -0.481 e. The predicted molar refractivity (Wildman–Crippen MR) is 70.2 cm³/mol. The molecular weight excluding hydrogens is 246 g/mol. The van der Waals surface area contributed by atoms with Crippen molar-refractivity contribution in [1.82, 2.24) is 4.57 Å². The third-order valence-electron chi connectivity index (χ3n) is 3.10. The quantitative estimate of drug-likeness (QED) is 0.854. The molecule has 100 valence electrons. The summed E-state index contributed by atoms with van der Waals surface area (Å²) in [4.78, 5) is 22.2. The topological polar surface area (TPSA) is 68.5 Å². The summed E-state index contributed by atoms with van der Waals surface area (Å²) in [5.41, 5.74) is 2.36. The van der Waals surface area contributed by atoms with Crippen molar-refractivity contribution in [1.29, 1.82) is 0 Å². The molecule has 2 aromatic rings. The summed E-state index contributed by atoms with van der Waals surface area (Å²) in [6, 6.07) is 5.29. The van der Waals surface area contributed by atoms with Gasteiger partial charge < -0.3 is 14.4 Å². The molecule has 0 atom stereocenters. The van der Waals surface area contributed by atoms with Crippen LogP contribution in [-0.4, -0.2) is 28.7 Å². The Kier molecular flexibility index (Phi) is 3.55. The number of benzene rings is 1. The smallest absolute Gasteiger partial charge is 0.337 e. The molecule has 0 saturated carbocycles. The number of carbonyl (C=O) groups excluding carboxylic acids is 1. The van der Waals surface area contributed by atoms with Gasteiger partial charge in [-0.25, -0.2) is 4.79 Å². The Morgan fingerprint density at radius 1 is 1.37 bits per heavy atom. The van der Waals surface area contributed by atoms with Crippen LogP contribution in [0.15, 0.2) is 24.4 Å². The zero-order chi connectivity index (χ0) is 14.0. The molecule has 0 aliphatic heterocycles. The number of aliphatic carboxylic acids is 1. The van der Waals surface area contributed by atoms with Crippen molar-refractivity contribution in [3.05, 3.63) is 35.5 Å². The highest BCUT2D eigenvalue weighted by Gasteiger charge is 2.12. The number of fused-ring (bicyclic) bond motifs is 1. The first-order chi connectivity index (χ1) is 9.02. The number of carboxylic acid groups (broad SMARTS) is 1. The standard InChI is InChI=1S/C14H15NO4/c1-15-8-10(4-6-13(16)17)11-7-9(14(18)19-2)3-5-12(11)15/h3,5,7-8H,4,6H2,1-2H3,(H,16,17). The molecule has 19 heavy (non-hydrogen) atoms. The fourth-order valence-corrected chi connectivity index (χ4v) is 2.16. The van der Waals surface area contributed by atoms with E-state index in [4.69, 9.17) is 9.84 Å². The fraction of sp³-hybridized carbons (Fsp3) is 0.286. The Balaban J connectivity index is 2.46. The fourth-order valence-electron chi connectivity index (χ4n) is 2.16. The van der Waals surface area contributed by atoms with Gasteiger partial charge in [0.2, 0.25) is 0 Å². The van der Waals surface area contributed by atoms with Crippen molar-refractivity contribution < 1.29 is 19.4 Å². The van der Waals surface area contributed by atoms with Crippen LogP contribution in [0.3, 0.4) is 0 Å². The van der Waals surface area contributed by atoms with Crippen LogP contribution in [0.4, 0.5) is 0 Å². The van der Waals surface area contributed by atoms with Gasteiger partial charge in [0.15, 0.2) is 0 Å². The Labute approximate surface area is 110 Å². The predicted octanol–water partition coefficient (Wildman–Crippen LogP) is 1.98. The maximum Gasteiger partial charge on any atom is 0.337 e. The van der Waals surface area contributed by atoms with Gasteiger partial charge in [-0.1, -0.05) is 0 Å². The van der Waals surface area contributed by atoms with Crippen molar-refractivity contribution >= 4 is 22.8 Å². The molecule has 5 heteroatoms. The second-order valence-corrected chi connectivity index (χ2v) is 4.38. The van der Waals surface area contributed by atoms with Crippen molar-refractivity contribution in [2.24, 2.45) is 7.05 Å². The van der Waals surface area contributed by atoms with E-state index in [9.17, 15) is 9.59 Å². The van der Waals surface area contributed by atoms with Crippen molar-refractivity contribution in [3.63, 3.8) is 0 Å². The lowest BCUT2D eigenvalue weighted by Crippen LogP contribution is -2.01. The summed E-state index contributed by atoms with van der Waals surface area (Å²) in [5.74, 6) is -1.23. The number of aromatic nitrogens is 1. The van der Waals surface area contributed by atoms with E-state index in [1.54, 1.807) is 12.1 Å². The first-order valence-corrected chi connectivity index (χ1v) is 5.91. The minimum atomic E-state index is -0.832. The van der Waals surface area contributed by atoms with Crippen LogP contribution in [0.1, 0.15) is 22.3 Å². The molecule has 0 fully saturated rings. The first kappa shape index (κ1) is 13.1. The zero-order valence-electron chi connectivity index (χ0n) is 10.8. The van der Waals surface area contributed by atoms with Crippen LogP contribution in [0, 0.1) is 0 Å². The van der Waals surface area contributed by atoms with Crippen LogP contribution in [0.5, 0.6) is 0 Å². The number of hydrogen-bond acceptors (Lipinski definition) is 3. The van der Waals surface area contributed by atoms with E-state index >= 15 is 0 Å². The second kappa shape index (κ2) is 5.14. The van der Waals surface area contributed by atoms with Gasteiger partial charge in [-0.05, 0) is 30.2 Å². The Morgan fingerprint density at radius 2 is 2.11 bits per heavy atom. The second-order valence-electron chi connectivity index (χ2n) is 4.38. The molecule has 0 amide bonds. The van der Waals surface area contributed by atoms with Gasteiger partial charge >= 0.3 is 11.9 Å². The summed E-state index contributed by atoms with van der Waals surface area (Å²) in [6.07, 6.45) is 2.41. The molecule has 0 unspecified atom stereocenters. The lowest BCUT2D eigenvalue weighted by molar-refractivity contribution is -0.136. The molecule has 0 aliphatic carbocycles. The average Bonchev–Trinajstić information content (AvgIpc) is 2.71. The van der Waals surface area contributed by atoms with Gasteiger partial charge in [-0.3, -0.25) is 4.79 Å². The number of rotatable bonds is 4. The van der Waals surface area contributed by atoms with E-state index in [2.05, 4.69) is 0 Å². The summed E-state index contributed by atoms with van der Waals surface area (Å²) in [5, 5.41) is 9.65. The lowest BCUT2D eigenvalue weighted by Gasteiger charge is -2.01. The maximum absolute atomic E-state index is 11.5. The van der Waals surface area contributed by atoms with Crippen molar-refractivity contribution in [3.8, 4) is 0 Å². The van der Waals surface area contributed by atoms with Crippen LogP contribution in [0.25, 0.3) is 10.9 Å². The van der Waals surface area contributed by atoms with Gasteiger partial charge in [0.25, 0.3) is 0 Å². The van der Waals surface area contributed by atoms with Crippen molar-refractivity contribution in [2.75, 3.05) is 7.11 Å². The molecule has 1 aromatic carbocycles. The molecule has 5 nitrogen and oxygen atoms in total. The van der Waals surface area contributed by atoms with Crippen LogP contribution < -0.4 is 0 Å². The highest BCUT2D eigenvalue weighted by molar-refractivity contribution is 5.96. The van der Waals surface area contributed by atoms with Crippen LogP contribution >= 0.6 is 0 Å². The number of carboxylic acids is 1. The molecule has 0 bridgehead atoms. The summed E-state index contributed by atoms with van der Waals surface area (Å²) in [6.45, 7) is 0. The van der Waals surface area contributed by atoms with Crippen LogP contribution in [0.2, 0.25) is 0 Å². The lowest BCUT2D eigenvalue weighted by atomic mass is 10.1. The monoisotopic (exact) mass is 261 g/mol. The molecule has 0 radical (unpaired) electrons. The SMILES string of the molecule is COC(=O)c1ccc2c(c1)c(CCC(=O)O)cn2C. The largest absolute Gasteiger partial charge is 0.481 e. The average molecular weight is 261 g/mol. The number of methoxy groups -OCH3 is 1. The molecule has 1 aromatic heterocycles. The van der Waals surface area contributed by atoms with Gasteiger partial charge in [0, 0.05) is 30.6 Å². The van der Waals surface area contributed by atoms with Gasteiger partial charge in [-0.15, -0.1) is 0 Å². The minimum absolute atomic E-state index is 0.0710. The number of hydrogen-bond donors (Lipinski definition) is 1. The highest BCUT2D eigenvalue weighted by atomic mass is 16.5. The Hall–Kier alpha value is -2.30. The van der Waals surface area contributed by atoms with E-state index < -0.39 is 11.9 Å². The Bertz CT molecular complexity index is 642. The van der Waals surface area contributed by atoms with E-state index in [0.29, 0.717) is 12.0 Å². The number of ether oxygens (including phenoxy) is 1. The molecule has 0 spiro atoms. The Morgan fingerprint density at radius 3 is 2.74 bits per heavy atom. The van der Waals surface area contributed by atoms with Gasteiger partial charge in [0.05, 0.1) is 12.7 Å². The number of nitrogens with zero attached hydrogens (tertiary/aromatic N) is 1. The first-order valence-electron chi connectivity index (χ1n) is 5.91. The summed E-state index contributed by atoms with van der Waals surface area (Å²) < 4.78 is 6.61. The van der Waals surface area contributed by atoms with Crippen molar-refractivity contribution in [2.45, 2.75) is 12.8 Å². The third kappa shape index (κ3) is 2.59. The van der Waals surface area contributed by atoms with E-state index in [1.165, 1.54) is 7.11 Å². The third-order valence-corrected chi connectivity index (χ3v) is 3.10. The van der Waals surface area contributed by atoms with Gasteiger partial charge in [-0.2, -0.15) is 0 Å². The molecule has 0 aliphatic rings. The van der Waals surface area contributed by atoms with E-state index in [-0.39, 0.29) is 6.42 Å². The zero-order valence-corrected chi connectivity index (χ0v) is 10.8. The molecule has 1 heterocycles.